The molecule has 0 radical (unpaired) electrons. The van der Waals surface area contributed by atoms with Crippen LogP contribution in [0.1, 0.15) is 144 Å². The van der Waals surface area contributed by atoms with Crippen LogP contribution in [0.4, 0.5) is 0 Å². The van der Waals surface area contributed by atoms with E-state index < -0.39 is 34.7 Å². The van der Waals surface area contributed by atoms with Crippen molar-refractivity contribution in [2.75, 3.05) is 0 Å². The van der Waals surface area contributed by atoms with Gasteiger partial charge in [-0.15, -0.1) is 0 Å². The fourth-order valence-electron chi connectivity index (χ4n) is 8.44. The Hall–Kier alpha value is -5.24. The van der Waals surface area contributed by atoms with Crippen LogP contribution in [-0.4, -0.2) is 23.9 Å². The number of allylic oxidation sites excluding steroid dienone is 4. The van der Waals surface area contributed by atoms with E-state index in [1.54, 1.807) is 0 Å². The van der Waals surface area contributed by atoms with E-state index in [0.717, 1.165) is 24.0 Å². The number of carbonyl (C=O) groups is 4. The summed E-state index contributed by atoms with van der Waals surface area (Å²) in [5.74, 6) is 0.558. The highest BCUT2D eigenvalue weighted by Gasteiger charge is 2.33. The van der Waals surface area contributed by atoms with Crippen molar-refractivity contribution in [3.63, 3.8) is 0 Å². The van der Waals surface area contributed by atoms with Gasteiger partial charge in [-0.1, -0.05) is 127 Å². The second-order valence-corrected chi connectivity index (χ2v) is 18.5. The molecular weight excluding hydrogens is 753 g/mol. The number of esters is 4. The molecule has 0 aliphatic heterocycles. The number of fused-ring (bicyclic) bond motifs is 2. The lowest BCUT2D eigenvalue weighted by atomic mass is 9.76. The monoisotopic (exact) mass is 818 g/mol. The summed E-state index contributed by atoms with van der Waals surface area (Å²) in [5.41, 5.74) is 4.44. The van der Waals surface area contributed by atoms with Gasteiger partial charge in [0, 0.05) is 46.5 Å². The zero-order valence-corrected chi connectivity index (χ0v) is 38.4. The first-order valence-electron chi connectivity index (χ1n) is 21.2. The van der Waals surface area contributed by atoms with Crippen molar-refractivity contribution in [2.24, 2.45) is 11.8 Å². The Bertz CT molecular complexity index is 2150. The summed E-state index contributed by atoms with van der Waals surface area (Å²) in [4.78, 5) is 52.5. The average Bonchev–Trinajstić information content (AvgIpc) is 3.14. The van der Waals surface area contributed by atoms with Gasteiger partial charge in [0.25, 0.3) is 0 Å². The summed E-state index contributed by atoms with van der Waals surface area (Å²) in [6.45, 7) is 27.9. The number of hydrogen-bond acceptors (Lipinski definition) is 8. The number of benzene rings is 4. The van der Waals surface area contributed by atoms with E-state index in [9.17, 15) is 19.2 Å². The Morgan fingerprint density at radius 3 is 1.10 bits per heavy atom. The lowest BCUT2D eigenvalue weighted by molar-refractivity contribution is -0.140. The molecule has 4 rings (SSSR count). The normalized spacial score (nSPS) is 12.7. The van der Waals surface area contributed by atoms with Crippen LogP contribution < -0.4 is 18.9 Å². The summed E-state index contributed by atoms with van der Waals surface area (Å²) in [6.07, 6.45) is 7.26. The second-order valence-electron chi connectivity index (χ2n) is 18.5. The molecule has 0 heterocycles. The standard InChI is InChI=1S/C52H66O8/c1-31(2)29-33(5)25-27-51(11,12)45-35(7)47(39-19-15-17-21-41(39)49(45)57-37(9)53)59-43(55)23-24-44(56)60-48-36(8)46(52(13,14)28-26-34(6)30-32(3)4)50(58-38(10)54)42-22-18-16-20-40(42)48/h15-22,25-26,31-32H,23-24,27-30H2,1-14H3/b33-25+,34-26+. The first-order valence-corrected chi connectivity index (χ1v) is 21.2. The molecule has 8 heteroatoms. The minimum absolute atomic E-state index is 0.241. The Morgan fingerprint density at radius 2 is 0.817 bits per heavy atom. The number of hydrogen-bond donors (Lipinski definition) is 0. The van der Waals surface area contributed by atoms with Crippen LogP contribution in [0.5, 0.6) is 23.0 Å². The molecule has 0 N–H and O–H groups in total. The molecule has 0 aliphatic rings. The summed E-state index contributed by atoms with van der Waals surface area (Å²) in [6, 6.07) is 14.8. The molecule has 60 heavy (non-hydrogen) atoms. The van der Waals surface area contributed by atoms with Crippen molar-refractivity contribution in [1.29, 1.82) is 0 Å². The second kappa shape index (κ2) is 19.9. The molecule has 0 unspecified atom stereocenters. The molecule has 322 valence electrons. The SMILES string of the molecule is CC(=O)Oc1c(C(C)(C)C/C=C(\C)CC(C)C)c(C)c(OC(=O)CCC(=O)Oc2c(C)c(C(C)(C)C/C=C(\C)CC(C)C)c(OC(C)=O)c3ccccc23)c2ccccc12. The first-order chi connectivity index (χ1) is 28.0. The molecule has 8 nitrogen and oxygen atoms in total. The largest absolute Gasteiger partial charge is 0.426 e. The van der Waals surface area contributed by atoms with Gasteiger partial charge in [-0.25, -0.2) is 0 Å². The minimum Gasteiger partial charge on any atom is -0.426 e. The van der Waals surface area contributed by atoms with Crippen molar-refractivity contribution in [1.82, 2.24) is 0 Å². The van der Waals surface area contributed by atoms with Crippen molar-refractivity contribution in [2.45, 2.75) is 146 Å². The molecule has 0 amide bonds. The molecule has 0 saturated heterocycles. The maximum Gasteiger partial charge on any atom is 0.311 e. The number of ether oxygens (including phenoxy) is 4. The van der Waals surface area contributed by atoms with E-state index in [1.165, 1.54) is 25.0 Å². The maximum absolute atomic E-state index is 13.7. The number of carbonyl (C=O) groups excluding carboxylic acids is 4. The molecule has 4 aromatic rings. The van der Waals surface area contributed by atoms with Gasteiger partial charge in [-0.3, -0.25) is 19.2 Å². The van der Waals surface area contributed by atoms with Gasteiger partial charge < -0.3 is 18.9 Å². The van der Waals surface area contributed by atoms with Crippen LogP contribution in [0, 0.1) is 25.7 Å². The van der Waals surface area contributed by atoms with Crippen LogP contribution in [0.3, 0.4) is 0 Å². The molecule has 0 aliphatic carbocycles. The molecule has 0 fully saturated rings. The van der Waals surface area contributed by atoms with Gasteiger partial charge in [0.1, 0.15) is 23.0 Å². The molecule has 0 atom stereocenters. The fraction of sp³-hybridized carbons (Fsp3) is 0.462. The van der Waals surface area contributed by atoms with E-state index in [0.29, 0.717) is 80.3 Å². The van der Waals surface area contributed by atoms with E-state index in [-0.39, 0.29) is 12.8 Å². The lowest BCUT2D eigenvalue weighted by Crippen LogP contribution is -2.23. The Morgan fingerprint density at radius 1 is 0.517 bits per heavy atom. The molecular formula is C52H66O8. The van der Waals surface area contributed by atoms with Crippen LogP contribution in [0.25, 0.3) is 21.5 Å². The average molecular weight is 819 g/mol. The summed E-state index contributed by atoms with van der Waals surface area (Å²) in [7, 11) is 0. The van der Waals surface area contributed by atoms with Gasteiger partial charge in [0.15, 0.2) is 0 Å². The smallest absolute Gasteiger partial charge is 0.311 e. The van der Waals surface area contributed by atoms with Crippen LogP contribution in [0.2, 0.25) is 0 Å². The van der Waals surface area contributed by atoms with Crippen molar-refractivity contribution >= 4 is 45.4 Å². The first kappa shape index (κ1) is 47.4. The van der Waals surface area contributed by atoms with Gasteiger partial charge in [-0.05, 0) is 87.2 Å². The third-order valence-electron chi connectivity index (χ3n) is 10.9. The molecule has 0 saturated carbocycles. The predicted molar refractivity (Wildman–Crippen MR) is 242 cm³/mol. The molecule has 0 aromatic heterocycles. The lowest BCUT2D eigenvalue weighted by Gasteiger charge is -2.30. The molecule has 0 spiro atoms. The number of rotatable bonds is 17. The molecule has 4 aromatic carbocycles. The van der Waals surface area contributed by atoms with Gasteiger partial charge in [0.2, 0.25) is 0 Å². The van der Waals surface area contributed by atoms with Crippen molar-refractivity contribution in [3.8, 4) is 23.0 Å². The van der Waals surface area contributed by atoms with Crippen molar-refractivity contribution in [3.05, 3.63) is 94.1 Å². The van der Waals surface area contributed by atoms with E-state index in [1.807, 2.05) is 62.4 Å². The quantitative estimate of drug-likeness (QED) is 0.0589. The van der Waals surface area contributed by atoms with Crippen LogP contribution >= 0.6 is 0 Å². The third kappa shape index (κ3) is 11.7. The van der Waals surface area contributed by atoms with E-state index in [2.05, 4.69) is 81.4 Å². The van der Waals surface area contributed by atoms with Gasteiger partial charge in [0.05, 0.1) is 12.8 Å². The van der Waals surface area contributed by atoms with E-state index >= 15 is 0 Å². The molecule has 0 bridgehead atoms. The zero-order valence-electron chi connectivity index (χ0n) is 38.4. The highest BCUT2D eigenvalue weighted by Crippen LogP contribution is 2.49. The highest BCUT2D eigenvalue weighted by molar-refractivity contribution is 6.00. The van der Waals surface area contributed by atoms with Gasteiger partial charge in [-0.2, -0.15) is 0 Å². The van der Waals surface area contributed by atoms with Crippen LogP contribution in [-0.2, 0) is 30.0 Å². The summed E-state index contributed by atoms with van der Waals surface area (Å²) < 4.78 is 24.2. The summed E-state index contributed by atoms with van der Waals surface area (Å²) in [5, 5.41) is 2.53. The van der Waals surface area contributed by atoms with Crippen molar-refractivity contribution < 1.29 is 38.1 Å². The Labute approximate surface area is 357 Å². The Balaban J connectivity index is 1.70. The zero-order chi connectivity index (χ0) is 44.7. The van der Waals surface area contributed by atoms with Crippen LogP contribution in [0.15, 0.2) is 71.8 Å². The van der Waals surface area contributed by atoms with Gasteiger partial charge >= 0.3 is 23.9 Å². The fourth-order valence-corrected chi connectivity index (χ4v) is 8.44. The topological polar surface area (TPSA) is 105 Å². The minimum atomic E-state index is -0.603. The Kier molecular flexibility index (Phi) is 15.7. The highest BCUT2D eigenvalue weighted by atomic mass is 16.6. The summed E-state index contributed by atoms with van der Waals surface area (Å²) >= 11 is 0. The van der Waals surface area contributed by atoms with E-state index in [4.69, 9.17) is 18.9 Å². The third-order valence-corrected chi connectivity index (χ3v) is 10.9. The maximum atomic E-state index is 13.7. The predicted octanol–water partition coefficient (Wildman–Crippen LogP) is 13.1.